The van der Waals surface area contributed by atoms with Crippen LogP contribution in [0.1, 0.15) is 0 Å². The normalized spacial score (nSPS) is 8.15. The average Bonchev–Trinajstić information content (AvgIpc) is 1.50. The zero-order valence-corrected chi connectivity index (χ0v) is 8.06. The number of hydrogen-bond acceptors (Lipinski definition) is 4. The molecule has 9 nitrogen and oxygen atoms in total. The summed E-state index contributed by atoms with van der Waals surface area (Å²) in [6, 6.07) is 0. The lowest BCUT2D eigenvalue weighted by molar-refractivity contribution is 0.450. The lowest BCUT2D eigenvalue weighted by Gasteiger charge is -1.73. The van der Waals surface area contributed by atoms with Crippen LogP contribution < -0.4 is 22.9 Å². The summed E-state index contributed by atoms with van der Waals surface area (Å²) < 4.78 is 24.0. The Morgan fingerprint density at radius 2 is 1.08 bits per heavy atom. The molecule has 0 radical (unpaired) electrons. The van der Waals surface area contributed by atoms with Gasteiger partial charge in [-0.05, 0) is 0 Å². The molecule has 12 N–H and O–H groups in total. The van der Waals surface area contributed by atoms with E-state index in [1.165, 1.54) is 0 Å². The molecular formula is C2H12N6O3S2. The van der Waals surface area contributed by atoms with Crippen LogP contribution >= 0.6 is 0 Å². The van der Waals surface area contributed by atoms with Crippen molar-refractivity contribution in [2.24, 2.45) is 22.9 Å². The SMILES string of the molecule is N=C(N)N.N=C(N)N.O=S(O)(O)=S. The number of rotatable bonds is 0. The number of hydrogen-bond donors (Lipinski definition) is 8. The van der Waals surface area contributed by atoms with Gasteiger partial charge in [0.25, 0.3) is 9.05 Å². The molecule has 0 heterocycles. The summed E-state index contributed by atoms with van der Waals surface area (Å²) in [5.41, 5.74) is 17.9. The van der Waals surface area contributed by atoms with Gasteiger partial charge < -0.3 is 22.9 Å². The van der Waals surface area contributed by atoms with Crippen molar-refractivity contribution in [3.05, 3.63) is 0 Å². The summed E-state index contributed by atoms with van der Waals surface area (Å²) in [5.74, 6) is -0.667. The molecule has 80 valence electrons. The van der Waals surface area contributed by atoms with E-state index in [1.54, 1.807) is 0 Å². The minimum absolute atomic E-state index is 0.333. The molecule has 0 aromatic heterocycles. The number of nitrogens with one attached hydrogen (secondary N) is 2. The summed E-state index contributed by atoms with van der Waals surface area (Å²) >= 11 is 3.47. The fourth-order valence-electron chi connectivity index (χ4n) is 0. The summed E-state index contributed by atoms with van der Waals surface area (Å²) in [5, 5.41) is 12.1. The second kappa shape index (κ2) is 8.92. The quantitative estimate of drug-likeness (QED) is 0.163. The lowest BCUT2D eigenvalue weighted by Crippen LogP contribution is -2.20. The third-order valence-electron chi connectivity index (χ3n) is 0. The minimum Gasteiger partial charge on any atom is -0.370 e. The Kier molecular flexibility index (Phi) is 12.2. The molecule has 0 amide bonds. The molecule has 0 aromatic carbocycles. The Morgan fingerprint density at radius 1 is 1.08 bits per heavy atom. The Labute approximate surface area is 79.8 Å². The third kappa shape index (κ3) is 617. The van der Waals surface area contributed by atoms with E-state index in [1.807, 2.05) is 0 Å². The molecule has 0 saturated carbocycles. The van der Waals surface area contributed by atoms with Crippen LogP contribution in [0.4, 0.5) is 0 Å². The zero-order valence-electron chi connectivity index (χ0n) is 6.43. The fourth-order valence-corrected chi connectivity index (χ4v) is 0. The summed E-state index contributed by atoms with van der Waals surface area (Å²) in [7, 11) is -3.83. The Morgan fingerprint density at radius 3 is 1.08 bits per heavy atom. The highest BCUT2D eigenvalue weighted by atomic mass is 32.9. The molecule has 0 unspecified atom stereocenters. The van der Waals surface area contributed by atoms with Gasteiger partial charge in [0, 0.05) is 11.2 Å². The van der Waals surface area contributed by atoms with Gasteiger partial charge in [0.15, 0.2) is 11.9 Å². The van der Waals surface area contributed by atoms with Crippen molar-refractivity contribution in [2.45, 2.75) is 0 Å². The summed E-state index contributed by atoms with van der Waals surface area (Å²) in [6.07, 6.45) is 0. The third-order valence-corrected chi connectivity index (χ3v) is 0. The Hall–Kier alpha value is -1.17. The van der Waals surface area contributed by atoms with Crippen molar-refractivity contribution in [2.75, 3.05) is 0 Å². The van der Waals surface area contributed by atoms with Crippen LogP contribution in [0.25, 0.3) is 0 Å². The van der Waals surface area contributed by atoms with E-state index < -0.39 is 9.05 Å². The first-order valence-corrected chi connectivity index (χ1v) is 4.75. The van der Waals surface area contributed by atoms with E-state index in [9.17, 15) is 0 Å². The van der Waals surface area contributed by atoms with Gasteiger partial charge in [-0.25, -0.2) is 0 Å². The van der Waals surface area contributed by atoms with E-state index in [0.29, 0.717) is 0 Å². The standard InChI is InChI=1S/2CH5N3.H2O3S2/c2*2-1(3)4;1-5(2,3)4/h2*(H5,2,3,4);(H2,1,2,3,4). The van der Waals surface area contributed by atoms with Gasteiger partial charge in [-0.1, -0.05) is 0 Å². The van der Waals surface area contributed by atoms with Gasteiger partial charge in [0.2, 0.25) is 0 Å². The van der Waals surface area contributed by atoms with Crippen molar-refractivity contribution < 1.29 is 13.3 Å². The topological polar surface area (TPSA) is 209 Å². The summed E-state index contributed by atoms with van der Waals surface area (Å²) in [6.45, 7) is 0. The monoisotopic (exact) mass is 232 g/mol. The van der Waals surface area contributed by atoms with E-state index in [2.05, 4.69) is 34.1 Å². The molecule has 0 spiro atoms. The molecule has 0 aliphatic rings. The van der Waals surface area contributed by atoms with E-state index in [0.717, 1.165) is 0 Å². The molecule has 0 aromatic rings. The van der Waals surface area contributed by atoms with Gasteiger partial charge in [-0.3, -0.25) is 19.9 Å². The predicted octanol–water partition coefficient (Wildman–Crippen LogP) is -2.64. The second-order valence-corrected chi connectivity index (χ2v) is 3.56. The average molecular weight is 232 g/mol. The highest BCUT2D eigenvalue weighted by molar-refractivity contribution is 8.26. The molecular weight excluding hydrogens is 220 g/mol. The molecule has 0 aliphatic heterocycles. The molecule has 0 atom stereocenters. The number of nitrogens with two attached hydrogens (primary N) is 4. The molecule has 0 fully saturated rings. The van der Waals surface area contributed by atoms with Crippen LogP contribution in [0.2, 0.25) is 0 Å². The van der Waals surface area contributed by atoms with Crippen LogP contribution in [0.5, 0.6) is 0 Å². The first-order valence-electron chi connectivity index (χ1n) is 2.35. The van der Waals surface area contributed by atoms with Gasteiger partial charge >= 0.3 is 0 Å². The highest BCUT2D eigenvalue weighted by Crippen LogP contribution is 1.62. The van der Waals surface area contributed by atoms with Crippen molar-refractivity contribution in [3.63, 3.8) is 0 Å². The number of guanidine groups is 2. The van der Waals surface area contributed by atoms with Crippen molar-refractivity contribution in [1.82, 2.24) is 0 Å². The van der Waals surface area contributed by atoms with Crippen molar-refractivity contribution >= 4 is 32.2 Å². The first-order chi connectivity index (χ1) is 5.46. The van der Waals surface area contributed by atoms with Gasteiger partial charge in [0.1, 0.15) is 0 Å². The van der Waals surface area contributed by atoms with Gasteiger partial charge in [0.05, 0.1) is 0 Å². The lowest BCUT2D eigenvalue weighted by atomic mass is 11.1. The molecule has 0 bridgehead atoms. The maximum atomic E-state index is 9.11. The van der Waals surface area contributed by atoms with Crippen molar-refractivity contribution in [3.8, 4) is 0 Å². The van der Waals surface area contributed by atoms with Crippen molar-refractivity contribution in [1.29, 1.82) is 10.8 Å². The first kappa shape index (κ1) is 17.8. The second-order valence-electron chi connectivity index (χ2n) is 1.36. The van der Waals surface area contributed by atoms with E-state index in [-0.39, 0.29) is 11.9 Å². The Bertz CT molecular complexity index is 219. The van der Waals surface area contributed by atoms with Crippen LogP contribution in [0.3, 0.4) is 0 Å². The van der Waals surface area contributed by atoms with Crippen LogP contribution in [0.15, 0.2) is 0 Å². The minimum atomic E-state index is -3.83. The molecule has 0 rings (SSSR count). The smallest absolute Gasteiger partial charge is 0.263 e. The largest absolute Gasteiger partial charge is 0.370 e. The van der Waals surface area contributed by atoms with E-state index >= 15 is 0 Å². The highest BCUT2D eigenvalue weighted by Gasteiger charge is 1.78. The van der Waals surface area contributed by atoms with Crippen LogP contribution in [0, 0.1) is 10.8 Å². The summed E-state index contributed by atoms with van der Waals surface area (Å²) in [4.78, 5) is 0. The van der Waals surface area contributed by atoms with E-state index in [4.69, 9.17) is 24.1 Å². The van der Waals surface area contributed by atoms with Crippen LogP contribution in [-0.2, 0) is 20.2 Å². The maximum Gasteiger partial charge on any atom is 0.263 e. The van der Waals surface area contributed by atoms with Gasteiger partial charge in [-0.15, -0.1) is 0 Å². The fraction of sp³-hybridized carbons (Fsp3) is 0. The maximum absolute atomic E-state index is 9.11. The molecule has 11 heteroatoms. The Balaban J connectivity index is -0.000000117. The van der Waals surface area contributed by atoms with Crippen LogP contribution in [-0.4, -0.2) is 25.2 Å². The molecule has 0 aliphatic carbocycles. The zero-order chi connectivity index (χ0) is 11.7. The predicted molar refractivity (Wildman–Crippen MR) is 53.0 cm³/mol. The van der Waals surface area contributed by atoms with Gasteiger partial charge in [-0.2, -0.15) is 4.21 Å². The molecule has 0 saturated heterocycles. The molecule has 13 heavy (non-hydrogen) atoms.